The molecule has 156 valence electrons. The molecule has 9 heteroatoms. The third kappa shape index (κ3) is 5.40. The Morgan fingerprint density at radius 1 is 1.20 bits per heavy atom. The molecule has 0 aliphatic carbocycles. The molecule has 1 aliphatic rings. The summed E-state index contributed by atoms with van der Waals surface area (Å²) in [4.78, 5) is 37.4. The van der Waals surface area contributed by atoms with Crippen LogP contribution in [0.4, 0.5) is 4.79 Å². The summed E-state index contributed by atoms with van der Waals surface area (Å²) in [6.07, 6.45) is 1.57. The van der Waals surface area contributed by atoms with Crippen molar-refractivity contribution in [1.29, 1.82) is 0 Å². The Labute approximate surface area is 186 Å². The van der Waals surface area contributed by atoms with Gasteiger partial charge in [-0.2, -0.15) is 0 Å². The van der Waals surface area contributed by atoms with Crippen LogP contribution in [0.2, 0.25) is 5.02 Å². The van der Waals surface area contributed by atoms with Gasteiger partial charge in [0.1, 0.15) is 11.4 Å². The first kappa shape index (κ1) is 21.9. The lowest BCUT2D eigenvalue weighted by molar-refractivity contribution is -0.145. The average molecular weight is 494 g/mol. The molecule has 0 radical (unpaired) electrons. The number of carbonyl (C=O) groups excluding carboxylic acids is 3. The van der Waals surface area contributed by atoms with Gasteiger partial charge in [-0.25, -0.2) is 9.59 Å². The van der Waals surface area contributed by atoms with Crippen LogP contribution in [0.1, 0.15) is 18.1 Å². The maximum atomic E-state index is 12.6. The van der Waals surface area contributed by atoms with Crippen molar-refractivity contribution in [3.05, 3.63) is 68.8 Å². The molecule has 0 atom stereocenters. The van der Waals surface area contributed by atoms with Crippen LogP contribution < -0.4 is 10.1 Å². The molecule has 30 heavy (non-hydrogen) atoms. The fourth-order valence-corrected chi connectivity index (χ4v) is 3.35. The van der Waals surface area contributed by atoms with E-state index in [9.17, 15) is 14.4 Å². The molecule has 0 unspecified atom stereocenters. The van der Waals surface area contributed by atoms with E-state index in [4.69, 9.17) is 21.1 Å². The number of carbonyl (C=O) groups is 3. The summed E-state index contributed by atoms with van der Waals surface area (Å²) in [5.74, 6) is -0.430. The molecule has 0 saturated carbocycles. The predicted octanol–water partition coefficient (Wildman–Crippen LogP) is 4.14. The van der Waals surface area contributed by atoms with E-state index in [1.54, 1.807) is 55.5 Å². The molecular weight excluding hydrogens is 476 g/mol. The topological polar surface area (TPSA) is 84.9 Å². The summed E-state index contributed by atoms with van der Waals surface area (Å²) >= 11 is 9.24. The molecule has 1 saturated heterocycles. The van der Waals surface area contributed by atoms with E-state index in [1.165, 1.54) is 0 Å². The minimum absolute atomic E-state index is 0.142. The molecule has 2 aromatic rings. The second-order valence-corrected chi connectivity index (χ2v) is 7.58. The Hall–Kier alpha value is -2.84. The Morgan fingerprint density at radius 3 is 2.60 bits per heavy atom. The van der Waals surface area contributed by atoms with Crippen LogP contribution in [0.25, 0.3) is 6.08 Å². The van der Waals surface area contributed by atoms with Gasteiger partial charge in [-0.15, -0.1) is 0 Å². The second-order valence-electron chi connectivity index (χ2n) is 6.29. The van der Waals surface area contributed by atoms with Crippen LogP contribution in [0.3, 0.4) is 0 Å². The van der Waals surface area contributed by atoms with Crippen LogP contribution >= 0.6 is 27.5 Å². The van der Waals surface area contributed by atoms with Gasteiger partial charge in [0, 0.05) is 5.02 Å². The van der Waals surface area contributed by atoms with E-state index in [2.05, 4.69) is 21.2 Å². The van der Waals surface area contributed by atoms with Crippen LogP contribution in [-0.2, 0) is 20.9 Å². The SMILES string of the molecule is CCOC(=O)COc1ccc(/C=C2\NC(=O)N(Cc3ccc(Cl)cc3)C2=O)cc1Br. The lowest BCUT2D eigenvalue weighted by Gasteiger charge is -2.11. The van der Waals surface area contributed by atoms with Crippen molar-refractivity contribution in [2.45, 2.75) is 13.5 Å². The number of hydrogen-bond donors (Lipinski definition) is 1. The lowest BCUT2D eigenvalue weighted by atomic mass is 10.1. The first-order chi connectivity index (χ1) is 14.4. The number of esters is 1. The van der Waals surface area contributed by atoms with E-state index in [1.807, 2.05) is 0 Å². The summed E-state index contributed by atoms with van der Waals surface area (Å²) in [5, 5.41) is 3.17. The average Bonchev–Trinajstić information content (AvgIpc) is 2.96. The van der Waals surface area contributed by atoms with Gasteiger partial charge in [0.25, 0.3) is 5.91 Å². The fourth-order valence-electron chi connectivity index (χ4n) is 2.72. The molecule has 7 nitrogen and oxygen atoms in total. The van der Waals surface area contributed by atoms with Gasteiger partial charge in [0.05, 0.1) is 17.6 Å². The van der Waals surface area contributed by atoms with Gasteiger partial charge in [-0.1, -0.05) is 29.8 Å². The normalized spacial score (nSPS) is 14.8. The van der Waals surface area contributed by atoms with Gasteiger partial charge in [-0.05, 0) is 64.3 Å². The van der Waals surface area contributed by atoms with Gasteiger partial charge in [0.2, 0.25) is 0 Å². The third-order valence-electron chi connectivity index (χ3n) is 4.13. The quantitative estimate of drug-likeness (QED) is 0.356. The van der Waals surface area contributed by atoms with Crippen LogP contribution in [0.5, 0.6) is 5.75 Å². The Bertz CT molecular complexity index is 1010. The number of halogens is 2. The standard InChI is InChI=1S/C21H18BrClN2O5/c1-2-29-19(26)12-30-18-8-5-14(9-16(18)22)10-17-20(27)25(21(28)24-17)11-13-3-6-15(23)7-4-13/h3-10H,2,11-12H2,1H3,(H,24,28)/b17-10-. The molecule has 1 aliphatic heterocycles. The number of ether oxygens (including phenoxy) is 2. The highest BCUT2D eigenvalue weighted by Crippen LogP contribution is 2.27. The monoisotopic (exact) mass is 492 g/mol. The summed E-state index contributed by atoms with van der Waals surface area (Å²) in [5.41, 5.74) is 1.62. The van der Waals surface area contributed by atoms with Crippen LogP contribution in [-0.4, -0.2) is 36.0 Å². The minimum Gasteiger partial charge on any atom is -0.481 e. The Morgan fingerprint density at radius 2 is 1.93 bits per heavy atom. The highest BCUT2D eigenvalue weighted by Gasteiger charge is 2.33. The zero-order chi connectivity index (χ0) is 21.7. The van der Waals surface area contributed by atoms with Gasteiger partial charge < -0.3 is 14.8 Å². The number of amides is 3. The minimum atomic E-state index is -0.491. The maximum absolute atomic E-state index is 12.6. The number of nitrogens with zero attached hydrogens (tertiary/aromatic N) is 1. The van der Waals surface area contributed by atoms with Crippen molar-refractivity contribution in [1.82, 2.24) is 10.2 Å². The predicted molar refractivity (Wildman–Crippen MR) is 115 cm³/mol. The summed E-state index contributed by atoms with van der Waals surface area (Å²) in [7, 11) is 0. The number of benzene rings is 2. The first-order valence-electron chi connectivity index (χ1n) is 9.04. The van der Waals surface area contributed by atoms with Crippen molar-refractivity contribution < 1.29 is 23.9 Å². The maximum Gasteiger partial charge on any atom is 0.344 e. The van der Waals surface area contributed by atoms with E-state index in [0.717, 1.165) is 10.5 Å². The molecule has 3 amide bonds. The summed E-state index contributed by atoms with van der Waals surface area (Å²) < 4.78 is 10.8. The van der Waals surface area contributed by atoms with Gasteiger partial charge >= 0.3 is 12.0 Å². The second kappa shape index (κ2) is 9.77. The highest BCUT2D eigenvalue weighted by atomic mass is 79.9. The van der Waals surface area contributed by atoms with Crippen LogP contribution in [0, 0.1) is 0 Å². The largest absolute Gasteiger partial charge is 0.481 e. The zero-order valence-electron chi connectivity index (χ0n) is 16.0. The number of imide groups is 1. The summed E-state index contributed by atoms with van der Waals surface area (Å²) in [6, 6.07) is 11.5. The van der Waals surface area contributed by atoms with E-state index >= 15 is 0 Å². The fraction of sp³-hybridized carbons (Fsp3) is 0.190. The lowest BCUT2D eigenvalue weighted by Crippen LogP contribution is -2.30. The number of rotatable bonds is 7. The van der Waals surface area contributed by atoms with E-state index < -0.39 is 17.9 Å². The molecule has 0 spiro atoms. The number of hydrogen-bond acceptors (Lipinski definition) is 5. The molecule has 1 N–H and O–H groups in total. The van der Waals surface area contributed by atoms with E-state index in [0.29, 0.717) is 20.8 Å². The van der Waals surface area contributed by atoms with Crippen molar-refractivity contribution in [3.63, 3.8) is 0 Å². The van der Waals surface area contributed by atoms with Crippen molar-refractivity contribution >= 4 is 51.5 Å². The molecular formula is C21H18BrClN2O5. The zero-order valence-corrected chi connectivity index (χ0v) is 18.3. The molecule has 1 fully saturated rings. The van der Waals surface area contributed by atoms with Crippen molar-refractivity contribution in [3.8, 4) is 5.75 Å². The Balaban J connectivity index is 1.69. The third-order valence-corrected chi connectivity index (χ3v) is 5.01. The number of urea groups is 1. The van der Waals surface area contributed by atoms with Gasteiger partial charge in [0.15, 0.2) is 6.61 Å². The van der Waals surface area contributed by atoms with E-state index in [-0.39, 0.29) is 25.5 Å². The molecule has 3 rings (SSSR count). The summed E-state index contributed by atoms with van der Waals surface area (Å²) in [6.45, 7) is 1.94. The van der Waals surface area contributed by atoms with Crippen molar-refractivity contribution in [2.75, 3.05) is 13.2 Å². The van der Waals surface area contributed by atoms with Crippen LogP contribution in [0.15, 0.2) is 52.6 Å². The number of nitrogens with one attached hydrogen (secondary N) is 1. The molecule has 0 aromatic heterocycles. The molecule has 0 bridgehead atoms. The van der Waals surface area contributed by atoms with Crippen molar-refractivity contribution in [2.24, 2.45) is 0 Å². The molecule has 1 heterocycles. The highest BCUT2D eigenvalue weighted by molar-refractivity contribution is 9.10. The first-order valence-corrected chi connectivity index (χ1v) is 10.2. The van der Waals surface area contributed by atoms with Gasteiger partial charge in [-0.3, -0.25) is 9.69 Å². The smallest absolute Gasteiger partial charge is 0.344 e. The molecule has 2 aromatic carbocycles. The Kier molecular flexibility index (Phi) is 7.12.